The van der Waals surface area contributed by atoms with Crippen molar-refractivity contribution in [3.05, 3.63) is 58.4 Å². The Labute approximate surface area is 88.3 Å². The molecule has 1 aromatic heterocycles. The van der Waals surface area contributed by atoms with Crippen LogP contribution in [0.1, 0.15) is 12.5 Å². The summed E-state index contributed by atoms with van der Waals surface area (Å²) in [4.78, 5) is 13.9. The molecule has 0 bridgehead atoms. The van der Waals surface area contributed by atoms with Crippen LogP contribution >= 0.6 is 0 Å². The monoisotopic (exact) mass is 199 g/mol. The summed E-state index contributed by atoms with van der Waals surface area (Å²) in [6.07, 6.45) is 5.09. The maximum Gasteiger partial charge on any atom is 0.248 e. The standard InChI is InChI=1S/C13H13NO/c1-2-3-4-10-5-7-12-11(9-10)6-8-13(15)14-12/h2-3,5-9H,4H2,1H3,(H,14,15)/b3-2+. The van der Waals surface area contributed by atoms with Gasteiger partial charge in [-0.25, -0.2) is 0 Å². The number of pyridine rings is 1. The Kier molecular flexibility index (Phi) is 2.68. The lowest BCUT2D eigenvalue weighted by Gasteiger charge is -2.00. The van der Waals surface area contributed by atoms with E-state index in [4.69, 9.17) is 0 Å². The van der Waals surface area contributed by atoms with E-state index in [1.165, 1.54) is 5.56 Å². The highest BCUT2D eigenvalue weighted by atomic mass is 16.1. The topological polar surface area (TPSA) is 32.9 Å². The highest BCUT2D eigenvalue weighted by Gasteiger charge is 1.95. The lowest BCUT2D eigenvalue weighted by Crippen LogP contribution is -2.02. The van der Waals surface area contributed by atoms with Crippen molar-refractivity contribution in [1.29, 1.82) is 0 Å². The highest BCUT2D eigenvalue weighted by molar-refractivity contribution is 5.78. The van der Waals surface area contributed by atoms with Gasteiger partial charge in [-0.1, -0.05) is 18.2 Å². The molecule has 0 saturated heterocycles. The summed E-state index contributed by atoms with van der Waals surface area (Å²) in [6.45, 7) is 2.01. The Morgan fingerprint density at radius 3 is 2.93 bits per heavy atom. The van der Waals surface area contributed by atoms with E-state index in [2.05, 4.69) is 17.1 Å². The van der Waals surface area contributed by atoms with Crippen molar-refractivity contribution in [3.63, 3.8) is 0 Å². The molecule has 0 radical (unpaired) electrons. The van der Waals surface area contributed by atoms with Gasteiger partial charge in [0.25, 0.3) is 0 Å². The van der Waals surface area contributed by atoms with Gasteiger partial charge in [-0.05, 0) is 42.5 Å². The molecular formula is C13H13NO. The molecule has 76 valence electrons. The van der Waals surface area contributed by atoms with E-state index in [-0.39, 0.29) is 5.56 Å². The van der Waals surface area contributed by atoms with Gasteiger partial charge in [0.1, 0.15) is 0 Å². The second-order valence-corrected chi connectivity index (χ2v) is 3.52. The molecule has 0 amide bonds. The van der Waals surface area contributed by atoms with E-state index in [0.29, 0.717) is 0 Å². The van der Waals surface area contributed by atoms with E-state index in [1.807, 2.05) is 31.2 Å². The molecule has 0 saturated carbocycles. The number of fused-ring (bicyclic) bond motifs is 1. The van der Waals surface area contributed by atoms with Crippen LogP contribution in [0.25, 0.3) is 10.9 Å². The van der Waals surface area contributed by atoms with Crippen LogP contribution in [0.4, 0.5) is 0 Å². The summed E-state index contributed by atoms with van der Waals surface area (Å²) < 4.78 is 0. The molecule has 2 rings (SSSR count). The van der Waals surface area contributed by atoms with Crippen LogP contribution in [0.5, 0.6) is 0 Å². The lowest BCUT2D eigenvalue weighted by molar-refractivity contribution is 1.25. The number of rotatable bonds is 2. The van der Waals surface area contributed by atoms with Crippen molar-refractivity contribution >= 4 is 10.9 Å². The zero-order valence-corrected chi connectivity index (χ0v) is 8.66. The number of H-pyrrole nitrogens is 1. The van der Waals surface area contributed by atoms with Crippen molar-refractivity contribution in [2.24, 2.45) is 0 Å². The van der Waals surface area contributed by atoms with E-state index in [0.717, 1.165) is 17.3 Å². The van der Waals surface area contributed by atoms with Crippen LogP contribution in [0.15, 0.2) is 47.3 Å². The Morgan fingerprint density at radius 2 is 2.13 bits per heavy atom. The summed E-state index contributed by atoms with van der Waals surface area (Å²) in [5.74, 6) is 0. The molecule has 1 aromatic carbocycles. The van der Waals surface area contributed by atoms with Gasteiger partial charge in [0.05, 0.1) is 0 Å². The molecule has 0 aliphatic heterocycles. The first kappa shape index (κ1) is 9.71. The summed E-state index contributed by atoms with van der Waals surface area (Å²) in [6, 6.07) is 9.51. The molecule has 0 fully saturated rings. The fraction of sp³-hybridized carbons (Fsp3) is 0.154. The van der Waals surface area contributed by atoms with Gasteiger partial charge in [-0.2, -0.15) is 0 Å². The SMILES string of the molecule is C/C=C/Cc1ccc2[nH]c(=O)ccc2c1. The number of allylic oxidation sites excluding steroid dienone is 2. The Morgan fingerprint density at radius 1 is 1.27 bits per heavy atom. The van der Waals surface area contributed by atoms with Crippen LogP contribution < -0.4 is 5.56 Å². The maximum absolute atomic E-state index is 11.1. The third-order valence-corrected chi connectivity index (χ3v) is 2.38. The fourth-order valence-electron chi connectivity index (χ4n) is 1.58. The molecule has 0 aliphatic rings. The number of benzene rings is 1. The summed E-state index contributed by atoms with van der Waals surface area (Å²) in [5.41, 5.74) is 2.10. The molecule has 0 aliphatic carbocycles. The van der Waals surface area contributed by atoms with E-state index in [9.17, 15) is 4.79 Å². The zero-order chi connectivity index (χ0) is 10.7. The fourth-order valence-corrected chi connectivity index (χ4v) is 1.58. The second-order valence-electron chi connectivity index (χ2n) is 3.52. The molecule has 2 heteroatoms. The predicted octanol–water partition coefficient (Wildman–Crippen LogP) is 2.65. The lowest BCUT2D eigenvalue weighted by atomic mass is 10.1. The molecule has 2 aromatic rings. The van der Waals surface area contributed by atoms with Crippen molar-refractivity contribution in [3.8, 4) is 0 Å². The van der Waals surface area contributed by atoms with Gasteiger partial charge in [0.2, 0.25) is 5.56 Å². The zero-order valence-electron chi connectivity index (χ0n) is 8.66. The van der Waals surface area contributed by atoms with Crippen LogP contribution in [0, 0.1) is 0 Å². The van der Waals surface area contributed by atoms with E-state index in [1.54, 1.807) is 6.07 Å². The highest BCUT2D eigenvalue weighted by Crippen LogP contribution is 2.12. The minimum absolute atomic E-state index is 0.0521. The first-order valence-electron chi connectivity index (χ1n) is 5.03. The number of nitrogens with one attached hydrogen (secondary N) is 1. The molecule has 0 spiro atoms. The first-order chi connectivity index (χ1) is 7.29. The average molecular weight is 199 g/mol. The summed E-state index contributed by atoms with van der Waals surface area (Å²) in [5, 5.41) is 1.08. The predicted molar refractivity (Wildman–Crippen MR) is 63.1 cm³/mol. The third kappa shape index (κ3) is 2.15. The largest absolute Gasteiger partial charge is 0.322 e. The third-order valence-electron chi connectivity index (χ3n) is 2.38. The van der Waals surface area contributed by atoms with Gasteiger partial charge in [-0.15, -0.1) is 0 Å². The smallest absolute Gasteiger partial charge is 0.248 e. The number of hydrogen-bond acceptors (Lipinski definition) is 1. The maximum atomic E-state index is 11.1. The number of hydrogen-bond donors (Lipinski definition) is 1. The molecule has 15 heavy (non-hydrogen) atoms. The molecule has 2 nitrogen and oxygen atoms in total. The molecular weight excluding hydrogens is 186 g/mol. The molecule has 0 unspecified atom stereocenters. The Hall–Kier alpha value is -1.83. The van der Waals surface area contributed by atoms with Crippen LogP contribution in [-0.2, 0) is 6.42 Å². The Bertz CT molecular complexity index is 552. The van der Waals surface area contributed by atoms with Gasteiger partial charge >= 0.3 is 0 Å². The summed E-state index contributed by atoms with van der Waals surface area (Å²) in [7, 11) is 0. The summed E-state index contributed by atoms with van der Waals surface area (Å²) >= 11 is 0. The molecule has 1 N–H and O–H groups in total. The minimum Gasteiger partial charge on any atom is -0.322 e. The number of aromatic amines is 1. The van der Waals surface area contributed by atoms with E-state index >= 15 is 0 Å². The van der Waals surface area contributed by atoms with Gasteiger partial charge in [0, 0.05) is 11.6 Å². The van der Waals surface area contributed by atoms with Crippen LogP contribution in [-0.4, -0.2) is 4.98 Å². The second kappa shape index (κ2) is 4.13. The van der Waals surface area contributed by atoms with Crippen LogP contribution in [0.3, 0.4) is 0 Å². The van der Waals surface area contributed by atoms with Crippen molar-refractivity contribution in [1.82, 2.24) is 4.98 Å². The van der Waals surface area contributed by atoms with Gasteiger partial charge in [-0.3, -0.25) is 4.79 Å². The van der Waals surface area contributed by atoms with Crippen LogP contribution in [0.2, 0.25) is 0 Å². The van der Waals surface area contributed by atoms with E-state index < -0.39 is 0 Å². The van der Waals surface area contributed by atoms with Crippen molar-refractivity contribution in [2.45, 2.75) is 13.3 Å². The van der Waals surface area contributed by atoms with Crippen molar-refractivity contribution < 1.29 is 0 Å². The first-order valence-corrected chi connectivity index (χ1v) is 5.03. The number of aromatic nitrogens is 1. The van der Waals surface area contributed by atoms with Gasteiger partial charge < -0.3 is 4.98 Å². The van der Waals surface area contributed by atoms with Crippen molar-refractivity contribution in [2.75, 3.05) is 0 Å². The van der Waals surface area contributed by atoms with Gasteiger partial charge in [0.15, 0.2) is 0 Å². The minimum atomic E-state index is -0.0521. The normalized spacial score (nSPS) is 11.3. The molecule has 1 heterocycles. The average Bonchev–Trinajstić information content (AvgIpc) is 2.26. The quantitative estimate of drug-likeness (QED) is 0.741. The molecule has 0 atom stereocenters. The Balaban J connectivity index is 2.47.